The monoisotopic (exact) mass is 573 g/mol. The molecule has 0 bridgehead atoms. The zero-order chi connectivity index (χ0) is 26.2. The van der Waals surface area contributed by atoms with Gasteiger partial charge in [0.05, 0.1) is 32.4 Å². The largest absolute Gasteiger partial charge is 0.496 e. The van der Waals surface area contributed by atoms with E-state index in [1.54, 1.807) is 31.2 Å². The molecule has 5 heterocycles. The molecule has 0 unspecified atom stereocenters. The summed E-state index contributed by atoms with van der Waals surface area (Å²) in [6.07, 6.45) is 4.80. The first-order chi connectivity index (χ1) is 18.6. The SMILES string of the molecule is COCCn1c(=O)n(CCCCN2C[C@@H]3COc4cccc(OC)c4[C@H]3C2)c(=O)c2sc3nccnc3c21.Cl. The van der Waals surface area contributed by atoms with Gasteiger partial charge in [0.25, 0.3) is 5.56 Å². The van der Waals surface area contributed by atoms with Crippen LogP contribution in [0.3, 0.4) is 0 Å². The van der Waals surface area contributed by atoms with Gasteiger partial charge in [0, 0.05) is 56.5 Å². The lowest BCUT2D eigenvalue weighted by atomic mass is 9.86. The Balaban J connectivity index is 0.00000308. The van der Waals surface area contributed by atoms with Crippen molar-refractivity contribution in [2.24, 2.45) is 5.92 Å². The van der Waals surface area contributed by atoms with Crippen LogP contribution in [0, 0.1) is 5.92 Å². The van der Waals surface area contributed by atoms with Crippen LogP contribution in [0.1, 0.15) is 24.3 Å². The topological polar surface area (TPSA) is 101 Å². The van der Waals surface area contributed by atoms with Crippen molar-refractivity contribution in [1.29, 1.82) is 0 Å². The quantitative estimate of drug-likeness (QED) is 0.282. The smallest absolute Gasteiger partial charge is 0.331 e. The Kier molecular flexibility index (Phi) is 8.22. The molecule has 2 aliphatic rings. The van der Waals surface area contributed by atoms with Gasteiger partial charge in [-0.1, -0.05) is 6.07 Å². The van der Waals surface area contributed by atoms with Crippen LogP contribution in [-0.4, -0.2) is 71.1 Å². The second kappa shape index (κ2) is 11.6. The molecule has 4 aromatic rings. The lowest BCUT2D eigenvalue weighted by Gasteiger charge is -2.29. The van der Waals surface area contributed by atoms with E-state index < -0.39 is 0 Å². The number of likely N-dealkylation sites (tertiary alicyclic amines) is 1. The zero-order valence-electron chi connectivity index (χ0n) is 22.0. The standard InChI is InChI=1S/C27H31N5O5S.ClH/c1-35-13-12-31-23-22-25(29-9-8-28-22)38-24(23)26(33)32(27(31)34)11-4-3-10-30-14-17-16-37-20-7-5-6-19(36-2)21(20)18(17)15-30;/h5-9,17-18H,3-4,10-16H2,1-2H3;1H/t17-,18+;/m1./s1. The molecule has 1 saturated heterocycles. The summed E-state index contributed by atoms with van der Waals surface area (Å²) >= 11 is 1.29. The fourth-order valence-electron chi connectivity index (χ4n) is 5.88. The Hall–Kier alpha value is -2.99. The van der Waals surface area contributed by atoms with Crippen LogP contribution in [0.25, 0.3) is 20.6 Å². The predicted octanol–water partition coefficient (Wildman–Crippen LogP) is 3.13. The molecule has 2 aliphatic heterocycles. The summed E-state index contributed by atoms with van der Waals surface area (Å²) < 4.78 is 20.4. The number of aromatic nitrogens is 4. The number of ether oxygens (including phenoxy) is 3. The normalized spacial score (nSPS) is 18.5. The maximum Gasteiger partial charge on any atom is 0.331 e. The highest BCUT2D eigenvalue weighted by atomic mass is 35.5. The third-order valence-corrected chi connectivity index (χ3v) is 8.75. The minimum Gasteiger partial charge on any atom is -0.496 e. The van der Waals surface area contributed by atoms with E-state index in [9.17, 15) is 9.59 Å². The highest BCUT2D eigenvalue weighted by Crippen LogP contribution is 2.46. The lowest BCUT2D eigenvalue weighted by molar-refractivity contribution is 0.186. The van der Waals surface area contributed by atoms with E-state index in [4.69, 9.17) is 14.2 Å². The van der Waals surface area contributed by atoms with E-state index in [1.807, 2.05) is 18.2 Å². The fourth-order valence-corrected chi connectivity index (χ4v) is 6.94. The van der Waals surface area contributed by atoms with Gasteiger partial charge in [0.15, 0.2) is 0 Å². The van der Waals surface area contributed by atoms with Crippen LogP contribution < -0.4 is 20.7 Å². The highest BCUT2D eigenvalue weighted by Gasteiger charge is 2.40. The number of benzene rings is 1. The Labute approximate surface area is 235 Å². The molecular weight excluding hydrogens is 542 g/mol. The summed E-state index contributed by atoms with van der Waals surface area (Å²) in [5.74, 6) is 2.65. The van der Waals surface area contributed by atoms with Gasteiger partial charge in [-0.15, -0.1) is 23.7 Å². The van der Waals surface area contributed by atoms with E-state index in [0.717, 1.165) is 50.6 Å². The molecule has 0 amide bonds. The Morgan fingerprint density at radius 3 is 2.69 bits per heavy atom. The summed E-state index contributed by atoms with van der Waals surface area (Å²) in [6, 6.07) is 6.00. The third-order valence-electron chi connectivity index (χ3n) is 7.69. The molecule has 0 aliphatic carbocycles. The molecule has 3 aromatic heterocycles. The number of unbranched alkanes of at least 4 members (excludes halogenated alkanes) is 1. The fraction of sp³-hybridized carbons (Fsp3) is 0.481. The number of methoxy groups -OCH3 is 2. The summed E-state index contributed by atoms with van der Waals surface area (Å²) in [6.45, 7) is 4.63. The Morgan fingerprint density at radius 2 is 1.87 bits per heavy atom. The van der Waals surface area contributed by atoms with Crippen LogP contribution in [0.15, 0.2) is 40.2 Å². The second-order valence-corrected chi connectivity index (χ2v) is 10.9. The molecule has 39 heavy (non-hydrogen) atoms. The van der Waals surface area contributed by atoms with Crippen molar-refractivity contribution in [1.82, 2.24) is 24.0 Å². The van der Waals surface area contributed by atoms with Crippen LogP contribution in [0.5, 0.6) is 11.5 Å². The van der Waals surface area contributed by atoms with Gasteiger partial charge in [0.1, 0.15) is 26.5 Å². The molecule has 0 spiro atoms. The molecule has 1 aromatic carbocycles. The van der Waals surface area contributed by atoms with Gasteiger partial charge in [-0.2, -0.15) is 0 Å². The second-order valence-electron chi connectivity index (χ2n) is 9.89. The van der Waals surface area contributed by atoms with Crippen molar-refractivity contribution in [3.05, 3.63) is 57.0 Å². The summed E-state index contributed by atoms with van der Waals surface area (Å²) in [5.41, 5.74) is 1.73. The van der Waals surface area contributed by atoms with Gasteiger partial charge in [0.2, 0.25) is 0 Å². The van der Waals surface area contributed by atoms with Crippen molar-refractivity contribution in [3.63, 3.8) is 0 Å². The molecule has 0 radical (unpaired) electrons. The maximum absolute atomic E-state index is 13.4. The minimum atomic E-state index is -0.321. The molecular formula is C27H32ClN5O5S. The summed E-state index contributed by atoms with van der Waals surface area (Å²) in [5, 5.41) is 0. The number of hydrogen-bond donors (Lipinski definition) is 0. The van der Waals surface area contributed by atoms with Crippen LogP contribution >= 0.6 is 23.7 Å². The van der Waals surface area contributed by atoms with Crippen molar-refractivity contribution in [3.8, 4) is 11.5 Å². The van der Waals surface area contributed by atoms with Gasteiger partial charge in [-0.3, -0.25) is 13.9 Å². The molecule has 208 valence electrons. The number of fused-ring (bicyclic) bond motifs is 6. The first-order valence-corrected chi connectivity index (χ1v) is 13.8. The molecule has 6 rings (SSSR count). The van der Waals surface area contributed by atoms with E-state index in [-0.39, 0.29) is 23.7 Å². The first-order valence-electron chi connectivity index (χ1n) is 13.0. The van der Waals surface area contributed by atoms with Crippen LogP contribution in [0.4, 0.5) is 0 Å². The van der Waals surface area contributed by atoms with Crippen molar-refractivity contribution < 1.29 is 14.2 Å². The van der Waals surface area contributed by atoms with Crippen molar-refractivity contribution in [2.45, 2.75) is 31.8 Å². The van der Waals surface area contributed by atoms with Crippen LogP contribution in [-0.2, 0) is 17.8 Å². The predicted molar refractivity (Wildman–Crippen MR) is 153 cm³/mol. The number of halogens is 1. The van der Waals surface area contributed by atoms with Gasteiger partial charge < -0.3 is 19.1 Å². The average molecular weight is 574 g/mol. The Morgan fingerprint density at radius 1 is 1.05 bits per heavy atom. The van der Waals surface area contributed by atoms with E-state index in [2.05, 4.69) is 14.9 Å². The van der Waals surface area contributed by atoms with Crippen molar-refractivity contribution in [2.75, 3.05) is 47.1 Å². The molecule has 2 atom stereocenters. The first kappa shape index (κ1) is 27.6. The number of rotatable bonds is 9. The molecule has 0 N–H and O–H groups in total. The molecule has 10 nitrogen and oxygen atoms in total. The minimum absolute atomic E-state index is 0. The van der Waals surface area contributed by atoms with E-state index in [1.165, 1.54) is 21.5 Å². The summed E-state index contributed by atoms with van der Waals surface area (Å²) in [7, 11) is 3.30. The molecule has 0 saturated carbocycles. The van der Waals surface area contributed by atoms with Gasteiger partial charge in [-0.05, 0) is 31.5 Å². The number of hydrogen-bond acceptors (Lipinski definition) is 9. The van der Waals surface area contributed by atoms with Crippen LogP contribution in [0.2, 0.25) is 0 Å². The zero-order valence-corrected chi connectivity index (χ0v) is 23.6. The Bertz CT molecular complexity index is 1590. The van der Waals surface area contributed by atoms with E-state index >= 15 is 0 Å². The van der Waals surface area contributed by atoms with Crippen molar-refractivity contribution >= 4 is 44.3 Å². The number of thiophene rings is 1. The highest BCUT2D eigenvalue weighted by molar-refractivity contribution is 7.25. The average Bonchev–Trinajstić information content (AvgIpc) is 3.54. The van der Waals surface area contributed by atoms with Gasteiger partial charge in [-0.25, -0.2) is 14.8 Å². The third kappa shape index (κ3) is 4.93. The number of nitrogens with zero attached hydrogens (tertiary/aromatic N) is 5. The van der Waals surface area contributed by atoms with Gasteiger partial charge >= 0.3 is 5.69 Å². The maximum atomic E-state index is 13.4. The van der Waals surface area contributed by atoms with E-state index in [0.29, 0.717) is 52.1 Å². The molecule has 12 heteroatoms. The summed E-state index contributed by atoms with van der Waals surface area (Å²) in [4.78, 5) is 38.7. The molecule has 1 fully saturated rings. The lowest BCUT2D eigenvalue weighted by Crippen LogP contribution is -2.40.